The average molecular weight is 470 g/mol. The van der Waals surface area contributed by atoms with Crippen molar-refractivity contribution in [1.82, 2.24) is 14.8 Å². The normalized spacial score (nSPS) is 13.8. The quantitative estimate of drug-likeness (QED) is 0.534. The van der Waals surface area contributed by atoms with Gasteiger partial charge in [-0.2, -0.15) is 0 Å². The van der Waals surface area contributed by atoms with Gasteiger partial charge in [-0.25, -0.2) is 4.39 Å². The van der Waals surface area contributed by atoms with Gasteiger partial charge >= 0.3 is 0 Å². The van der Waals surface area contributed by atoms with Crippen LogP contribution in [0.25, 0.3) is 11.4 Å². The smallest absolute Gasteiger partial charge is 0.266 e. The largest absolute Gasteiger partial charge is 0.321 e. The van der Waals surface area contributed by atoms with E-state index in [4.69, 9.17) is 0 Å². The zero-order chi connectivity index (χ0) is 23.8. The van der Waals surface area contributed by atoms with Crippen LogP contribution >= 0.6 is 11.3 Å². The molecule has 1 aromatic carbocycles. The number of aromatic nitrogens is 3. The van der Waals surface area contributed by atoms with Crippen molar-refractivity contribution in [3.63, 3.8) is 0 Å². The van der Waals surface area contributed by atoms with E-state index in [9.17, 15) is 14.0 Å². The Morgan fingerprint density at radius 2 is 1.88 bits per heavy atom. The number of aryl methyl sites for hydroxylation is 2. The minimum atomic E-state index is -0.537. The van der Waals surface area contributed by atoms with Gasteiger partial charge in [0.1, 0.15) is 11.6 Å². The molecule has 1 aliphatic heterocycles. The maximum Gasteiger partial charge on any atom is 0.266 e. The number of fused-ring (bicyclic) bond motifs is 1. The molecule has 0 radical (unpaired) electrons. The summed E-state index contributed by atoms with van der Waals surface area (Å²) in [7, 11) is 0. The van der Waals surface area contributed by atoms with E-state index in [1.165, 1.54) is 23.5 Å². The molecular formula is C24H28FN5O2S. The van der Waals surface area contributed by atoms with Gasteiger partial charge in [-0.15, -0.1) is 21.5 Å². The van der Waals surface area contributed by atoms with Crippen molar-refractivity contribution in [3.05, 3.63) is 46.3 Å². The monoisotopic (exact) mass is 469 g/mol. The van der Waals surface area contributed by atoms with Gasteiger partial charge in [-0.05, 0) is 49.6 Å². The predicted octanol–water partition coefficient (Wildman–Crippen LogP) is 5.42. The number of carbonyl (C=O) groups excluding carboxylic acids is 2. The van der Waals surface area contributed by atoms with Crippen molar-refractivity contribution in [3.8, 4) is 11.4 Å². The van der Waals surface area contributed by atoms with Gasteiger partial charge in [-0.3, -0.25) is 9.59 Å². The molecule has 2 aromatic heterocycles. The van der Waals surface area contributed by atoms with E-state index in [-0.39, 0.29) is 11.8 Å². The van der Waals surface area contributed by atoms with Crippen LogP contribution in [-0.4, -0.2) is 26.6 Å². The van der Waals surface area contributed by atoms with Gasteiger partial charge < -0.3 is 15.2 Å². The lowest BCUT2D eigenvalue weighted by Crippen LogP contribution is -2.27. The molecule has 1 aliphatic rings. The standard InChI is InChI=1S/C24H28FN5O2S/c1-14-12-19(27-23(32)24(2,3)4)33-20(14)22(31)26-15-9-10-17(25)16(13-15)21-29-28-18-8-6-5-7-11-30(18)21/h9-10,12-13H,5-8,11H2,1-4H3,(H,26,31)(H,27,32). The van der Waals surface area contributed by atoms with E-state index in [1.807, 2.05) is 32.3 Å². The lowest BCUT2D eigenvalue weighted by molar-refractivity contribution is -0.123. The second kappa shape index (κ2) is 9.05. The summed E-state index contributed by atoms with van der Waals surface area (Å²) in [6.45, 7) is 8.06. The van der Waals surface area contributed by atoms with Crippen LogP contribution in [-0.2, 0) is 17.8 Å². The lowest BCUT2D eigenvalue weighted by atomic mass is 9.96. The van der Waals surface area contributed by atoms with Crippen LogP contribution in [0.2, 0.25) is 0 Å². The SMILES string of the molecule is Cc1cc(NC(=O)C(C)(C)C)sc1C(=O)Nc1ccc(F)c(-c2nnc3n2CCCCC3)c1. The zero-order valence-corrected chi connectivity index (χ0v) is 20.1. The van der Waals surface area contributed by atoms with Crippen molar-refractivity contribution >= 4 is 33.8 Å². The average Bonchev–Trinajstić information content (AvgIpc) is 3.23. The van der Waals surface area contributed by atoms with E-state index < -0.39 is 11.2 Å². The highest BCUT2D eigenvalue weighted by molar-refractivity contribution is 7.18. The fourth-order valence-corrected chi connectivity index (χ4v) is 4.68. The molecule has 0 atom stereocenters. The Morgan fingerprint density at radius 1 is 1.09 bits per heavy atom. The highest BCUT2D eigenvalue weighted by atomic mass is 32.1. The molecule has 4 rings (SSSR count). The van der Waals surface area contributed by atoms with E-state index >= 15 is 0 Å². The Labute approximate surface area is 196 Å². The third-order valence-corrected chi connectivity index (χ3v) is 6.77. The van der Waals surface area contributed by atoms with E-state index in [0.29, 0.717) is 27.0 Å². The highest BCUT2D eigenvalue weighted by Crippen LogP contribution is 2.31. The summed E-state index contributed by atoms with van der Waals surface area (Å²) >= 11 is 1.21. The first-order valence-electron chi connectivity index (χ1n) is 11.1. The Hall–Kier alpha value is -3.07. The molecule has 7 nitrogen and oxygen atoms in total. The van der Waals surface area contributed by atoms with Gasteiger partial charge in [0.2, 0.25) is 5.91 Å². The minimum absolute atomic E-state index is 0.119. The third kappa shape index (κ3) is 4.98. The number of benzene rings is 1. The van der Waals surface area contributed by atoms with Gasteiger partial charge in [0, 0.05) is 24.1 Å². The van der Waals surface area contributed by atoms with Crippen LogP contribution < -0.4 is 10.6 Å². The van der Waals surface area contributed by atoms with Crippen LogP contribution in [0.5, 0.6) is 0 Å². The van der Waals surface area contributed by atoms with Crippen LogP contribution in [0.1, 0.15) is 61.1 Å². The molecule has 33 heavy (non-hydrogen) atoms. The molecule has 0 saturated heterocycles. The molecule has 174 valence electrons. The molecule has 0 bridgehead atoms. The summed E-state index contributed by atoms with van der Waals surface area (Å²) in [4.78, 5) is 25.7. The summed E-state index contributed by atoms with van der Waals surface area (Å²) < 4.78 is 16.7. The summed E-state index contributed by atoms with van der Waals surface area (Å²) in [5.74, 6) is 0.514. The molecule has 0 saturated carbocycles. The Kier molecular flexibility index (Phi) is 6.34. The van der Waals surface area contributed by atoms with Crippen LogP contribution in [0.4, 0.5) is 15.1 Å². The second-order valence-corrected chi connectivity index (χ2v) is 10.4. The van der Waals surface area contributed by atoms with Crippen LogP contribution in [0, 0.1) is 18.2 Å². The van der Waals surface area contributed by atoms with E-state index in [0.717, 1.165) is 43.6 Å². The number of halogens is 1. The van der Waals surface area contributed by atoms with Crippen molar-refractivity contribution in [2.45, 2.75) is 59.9 Å². The van der Waals surface area contributed by atoms with E-state index in [2.05, 4.69) is 20.8 Å². The Balaban J connectivity index is 1.56. The molecular weight excluding hydrogens is 441 g/mol. The van der Waals surface area contributed by atoms with Crippen molar-refractivity contribution < 1.29 is 14.0 Å². The van der Waals surface area contributed by atoms with Gasteiger partial charge in [-0.1, -0.05) is 27.2 Å². The first-order valence-corrected chi connectivity index (χ1v) is 11.9. The number of rotatable bonds is 4. The number of carbonyl (C=O) groups is 2. The fraction of sp³-hybridized carbons (Fsp3) is 0.417. The van der Waals surface area contributed by atoms with Crippen LogP contribution in [0.15, 0.2) is 24.3 Å². The number of anilines is 2. The number of nitrogens with zero attached hydrogens (tertiary/aromatic N) is 3. The second-order valence-electron chi connectivity index (χ2n) is 9.38. The minimum Gasteiger partial charge on any atom is -0.321 e. The molecule has 3 aromatic rings. The summed E-state index contributed by atoms with van der Waals surface area (Å²) in [6, 6.07) is 6.24. The third-order valence-electron chi connectivity index (χ3n) is 5.62. The van der Waals surface area contributed by atoms with Crippen LogP contribution in [0.3, 0.4) is 0 Å². The summed E-state index contributed by atoms with van der Waals surface area (Å²) in [6.07, 6.45) is 3.99. The topological polar surface area (TPSA) is 88.9 Å². The number of hydrogen-bond acceptors (Lipinski definition) is 5. The Bertz CT molecular complexity index is 1210. The van der Waals surface area contributed by atoms with Crippen molar-refractivity contribution in [1.29, 1.82) is 0 Å². The molecule has 2 N–H and O–H groups in total. The number of hydrogen-bond donors (Lipinski definition) is 2. The van der Waals surface area contributed by atoms with E-state index in [1.54, 1.807) is 12.1 Å². The van der Waals surface area contributed by atoms with Crippen molar-refractivity contribution in [2.75, 3.05) is 10.6 Å². The molecule has 3 heterocycles. The summed E-state index contributed by atoms with van der Waals surface area (Å²) in [5.41, 5.74) is 1.00. The molecule has 2 amide bonds. The van der Waals surface area contributed by atoms with Crippen molar-refractivity contribution in [2.24, 2.45) is 5.41 Å². The summed E-state index contributed by atoms with van der Waals surface area (Å²) in [5, 5.41) is 14.8. The first-order chi connectivity index (χ1) is 15.6. The number of nitrogens with one attached hydrogen (secondary N) is 2. The lowest BCUT2D eigenvalue weighted by Gasteiger charge is -2.16. The van der Waals surface area contributed by atoms with Gasteiger partial charge in [0.25, 0.3) is 5.91 Å². The number of thiophene rings is 1. The molecule has 0 unspecified atom stereocenters. The maximum atomic E-state index is 14.7. The Morgan fingerprint density at radius 3 is 2.64 bits per heavy atom. The molecule has 0 aliphatic carbocycles. The van der Waals surface area contributed by atoms with Gasteiger partial charge in [0.05, 0.1) is 15.4 Å². The number of amides is 2. The maximum absolute atomic E-state index is 14.7. The zero-order valence-electron chi connectivity index (χ0n) is 19.3. The fourth-order valence-electron chi connectivity index (χ4n) is 3.72. The van der Waals surface area contributed by atoms with Gasteiger partial charge in [0.15, 0.2) is 5.82 Å². The molecule has 9 heteroatoms. The predicted molar refractivity (Wildman–Crippen MR) is 128 cm³/mol. The highest BCUT2D eigenvalue weighted by Gasteiger charge is 2.24. The molecule has 0 spiro atoms. The first kappa shape index (κ1) is 23.1. The molecule has 0 fully saturated rings.